The molecule has 3 aliphatic heterocycles. The molecule has 0 aliphatic carbocycles. The molecule has 0 spiro atoms. The highest BCUT2D eigenvalue weighted by molar-refractivity contribution is 7.85. The van der Waals surface area contributed by atoms with Gasteiger partial charge in [0.1, 0.15) is 23.1 Å². The van der Waals surface area contributed by atoms with Gasteiger partial charge in [0, 0.05) is 32.1 Å². The van der Waals surface area contributed by atoms with Gasteiger partial charge in [-0.2, -0.15) is 4.40 Å². The molecule has 2 unspecified atom stereocenters. The Morgan fingerprint density at radius 2 is 1.97 bits per heavy atom. The highest BCUT2D eigenvalue weighted by Gasteiger charge is 2.26. The molecule has 3 aliphatic rings. The Morgan fingerprint density at radius 3 is 2.82 bits per heavy atom. The Hall–Kier alpha value is -3.14. The number of hydrogen-bond donors (Lipinski definition) is 2. The number of amides is 1. The maximum atomic E-state index is 12.8. The molecule has 4 heterocycles. The van der Waals surface area contributed by atoms with E-state index in [0.29, 0.717) is 35.2 Å². The number of hydrogen-bond acceptors (Lipinski definition) is 6. The third-order valence-electron chi connectivity index (χ3n) is 6.33. The monoisotopic (exact) mass is 468 g/mol. The van der Waals surface area contributed by atoms with Gasteiger partial charge in [0.2, 0.25) is 11.2 Å². The number of pyridine rings is 1. The number of carbonyl (C=O) groups is 1. The maximum absolute atomic E-state index is 12.8. The second kappa shape index (κ2) is 9.38. The Labute approximate surface area is 195 Å². The van der Waals surface area contributed by atoms with E-state index in [1.807, 2.05) is 35.2 Å². The van der Waals surface area contributed by atoms with Gasteiger partial charge in [-0.1, -0.05) is 12.1 Å². The van der Waals surface area contributed by atoms with E-state index in [0.717, 1.165) is 57.7 Å². The average Bonchev–Trinajstić information content (AvgIpc) is 3.37. The Bertz CT molecular complexity index is 1100. The van der Waals surface area contributed by atoms with Crippen LogP contribution in [0.15, 0.2) is 40.8 Å². The molecule has 9 nitrogen and oxygen atoms in total. The topological polar surface area (TPSA) is 113 Å². The van der Waals surface area contributed by atoms with Crippen LogP contribution in [0, 0.1) is 5.92 Å². The standard InChI is InChI=1S/C23H28N6O3S/c24-22-21-17(26-33(31)27-22)7-3-9-19(21)32-15-16-6-5-13-29(14-16)20-10-4-8-18(25-20)23(30)28-11-1-2-12-28/h3-4,7-10,16,26H,1-2,5-6,11-15H2,(H2,24,27). The van der Waals surface area contributed by atoms with Crippen molar-refractivity contribution in [3.63, 3.8) is 0 Å². The molecule has 2 atom stereocenters. The van der Waals surface area contributed by atoms with Crippen molar-refractivity contribution in [1.29, 1.82) is 0 Å². The Kier molecular flexibility index (Phi) is 6.17. The number of likely N-dealkylation sites (tertiary alicyclic amines) is 1. The van der Waals surface area contributed by atoms with Crippen LogP contribution in [-0.4, -0.2) is 58.6 Å². The van der Waals surface area contributed by atoms with Crippen LogP contribution in [0.5, 0.6) is 5.75 Å². The van der Waals surface area contributed by atoms with Gasteiger partial charge < -0.3 is 20.3 Å². The molecular weight excluding hydrogens is 440 g/mol. The quantitative estimate of drug-likeness (QED) is 0.696. The number of ether oxygens (including phenoxy) is 1. The first-order valence-corrected chi connectivity index (χ1v) is 12.5. The fourth-order valence-corrected chi connectivity index (χ4v) is 5.34. The smallest absolute Gasteiger partial charge is 0.272 e. The lowest BCUT2D eigenvalue weighted by atomic mass is 9.99. The number of benzene rings is 1. The van der Waals surface area contributed by atoms with Gasteiger partial charge >= 0.3 is 0 Å². The van der Waals surface area contributed by atoms with Crippen molar-refractivity contribution in [1.82, 2.24) is 9.88 Å². The molecule has 0 bridgehead atoms. The van der Waals surface area contributed by atoms with Crippen LogP contribution in [0.2, 0.25) is 0 Å². The number of carbonyl (C=O) groups excluding carboxylic acids is 1. The van der Waals surface area contributed by atoms with Crippen molar-refractivity contribution >= 4 is 34.4 Å². The van der Waals surface area contributed by atoms with E-state index < -0.39 is 11.2 Å². The van der Waals surface area contributed by atoms with E-state index >= 15 is 0 Å². The van der Waals surface area contributed by atoms with Crippen molar-refractivity contribution in [3.05, 3.63) is 47.7 Å². The second-order valence-corrected chi connectivity index (χ2v) is 9.54. The van der Waals surface area contributed by atoms with Gasteiger partial charge in [-0.25, -0.2) is 9.19 Å². The van der Waals surface area contributed by atoms with Crippen LogP contribution in [0.1, 0.15) is 41.7 Å². The van der Waals surface area contributed by atoms with Gasteiger partial charge in [0.15, 0.2) is 0 Å². The van der Waals surface area contributed by atoms with Crippen LogP contribution in [0.25, 0.3) is 0 Å². The number of amidine groups is 1. The molecule has 10 heteroatoms. The summed E-state index contributed by atoms with van der Waals surface area (Å²) in [6, 6.07) is 11.2. The van der Waals surface area contributed by atoms with Crippen LogP contribution >= 0.6 is 0 Å². The summed E-state index contributed by atoms with van der Waals surface area (Å²) in [6.45, 7) is 3.86. The molecule has 2 aromatic rings. The summed E-state index contributed by atoms with van der Waals surface area (Å²) in [6.07, 6.45) is 4.20. The number of rotatable bonds is 5. The zero-order valence-corrected chi connectivity index (χ0v) is 19.2. The highest BCUT2D eigenvalue weighted by Crippen LogP contribution is 2.31. The van der Waals surface area contributed by atoms with E-state index in [1.165, 1.54) is 0 Å². The molecule has 0 saturated carbocycles. The molecule has 1 amide bonds. The van der Waals surface area contributed by atoms with Crippen molar-refractivity contribution < 1.29 is 13.7 Å². The zero-order valence-electron chi connectivity index (χ0n) is 18.4. The molecule has 3 N–H and O–H groups in total. The summed E-state index contributed by atoms with van der Waals surface area (Å²) in [5.74, 6) is 2.01. The fraction of sp³-hybridized carbons (Fsp3) is 0.435. The molecule has 1 aromatic heterocycles. The molecule has 0 radical (unpaired) electrons. The molecule has 33 heavy (non-hydrogen) atoms. The number of nitrogens with one attached hydrogen (secondary N) is 1. The summed E-state index contributed by atoms with van der Waals surface area (Å²) in [4.78, 5) is 21.6. The third-order valence-corrected chi connectivity index (χ3v) is 7.08. The Balaban J connectivity index is 1.25. The van der Waals surface area contributed by atoms with Gasteiger partial charge in [0.05, 0.1) is 17.9 Å². The number of aromatic nitrogens is 1. The lowest BCUT2D eigenvalue weighted by Crippen LogP contribution is -2.38. The summed E-state index contributed by atoms with van der Waals surface area (Å²) in [5, 5.41) is 0. The van der Waals surface area contributed by atoms with Gasteiger partial charge in [-0.3, -0.25) is 9.52 Å². The van der Waals surface area contributed by atoms with Crippen molar-refractivity contribution in [2.24, 2.45) is 16.0 Å². The van der Waals surface area contributed by atoms with Crippen LogP contribution in [0.3, 0.4) is 0 Å². The summed E-state index contributed by atoms with van der Waals surface area (Å²) in [5.41, 5.74) is 7.85. The fourth-order valence-electron chi connectivity index (χ4n) is 4.67. The number of nitrogens with zero attached hydrogens (tertiary/aromatic N) is 4. The lowest BCUT2D eigenvalue weighted by molar-refractivity contribution is 0.0787. The second-order valence-electron chi connectivity index (χ2n) is 8.65. The van der Waals surface area contributed by atoms with Crippen molar-refractivity contribution in [2.75, 3.05) is 42.4 Å². The van der Waals surface area contributed by atoms with Crippen molar-refractivity contribution in [3.8, 4) is 5.75 Å². The van der Waals surface area contributed by atoms with Gasteiger partial charge in [0.25, 0.3) is 5.91 Å². The molecular formula is C23H28N6O3S. The van der Waals surface area contributed by atoms with Gasteiger partial charge in [-0.15, -0.1) is 0 Å². The SMILES string of the molecule is NC1=NS(=O)Nc2cccc(OCC3CCCN(c4cccc(C(=O)N5CCCC5)n4)C3)c21. The van der Waals surface area contributed by atoms with E-state index in [2.05, 4.69) is 14.0 Å². The van der Waals surface area contributed by atoms with E-state index in [9.17, 15) is 9.00 Å². The normalized spacial score (nSPS) is 22.4. The molecule has 2 saturated heterocycles. The maximum Gasteiger partial charge on any atom is 0.272 e. The predicted octanol–water partition coefficient (Wildman–Crippen LogP) is 2.32. The number of piperidine rings is 1. The first-order valence-electron chi connectivity index (χ1n) is 11.4. The predicted molar refractivity (Wildman–Crippen MR) is 129 cm³/mol. The summed E-state index contributed by atoms with van der Waals surface area (Å²) in [7, 11) is 0. The summed E-state index contributed by atoms with van der Waals surface area (Å²) >= 11 is -1.56. The van der Waals surface area contributed by atoms with E-state index in [1.54, 1.807) is 6.07 Å². The number of fused-ring (bicyclic) bond motifs is 1. The number of anilines is 2. The molecule has 2 fully saturated rings. The zero-order chi connectivity index (χ0) is 22.8. The van der Waals surface area contributed by atoms with E-state index in [-0.39, 0.29) is 11.7 Å². The van der Waals surface area contributed by atoms with Crippen LogP contribution in [0.4, 0.5) is 11.5 Å². The molecule has 1 aromatic carbocycles. The van der Waals surface area contributed by atoms with E-state index in [4.69, 9.17) is 15.5 Å². The summed E-state index contributed by atoms with van der Waals surface area (Å²) < 4.78 is 24.6. The van der Waals surface area contributed by atoms with Crippen molar-refractivity contribution in [2.45, 2.75) is 25.7 Å². The first kappa shape index (κ1) is 21.7. The first-order chi connectivity index (χ1) is 16.1. The van der Waals surface area contributed by atoms with Crippen LogP contribution in [-0.2, 0) is 11.2 Å². The molecule has 174 valence electrons. The largest absolute Gasteiger partial charge is 0.492 e. The minimum atomic E-state index is -1.56. The lowest BCUT2D eigenvalue weighted by Gasteiger charge is -2.34. The van der Waals surface area contributed by atoms with Gasteiger partial charge in [-0.05, 0) is 49.9 Å². The molecule has 5 rings (SSSR count). The van der Waals surface area contributed by atoms with Crippen LogP contribution < -0.4 is 20.1 Å². The Morgan fingerprint density at radius 1 is 1.15 bits per heavy atom. The number of nitrogens with two attached hydrogens (primary N) is 1. The average molecular weight is 469 g/mol. The highest BCUT2D eigenvalue weighted by atomic mass is 32.2. The minimum Gasteiger partial charge on any atom is -0.492 e. The minimum absolute atomic E-state index is 0.0221. The third kappa shape index (κ3) is 4.66.